The van der Waals surface area contributed by atoms with E-state index in [2.05, 4.69) is 15.0 Å². The highest BCUT2D eigenvalue weighted by molar-refractivity contribution is 6.01. The van der Waals surface area contributed by atoms with Crippen molar-refractivity contribution in [2.75, 3.05) is 6.67 Å². The monoisotopic (exact) mass is 450 g/mol. The molecule has 1 aliphatic carbocycles. The van der Waals surface area contributed by atoms with Crippen LogP contribution in [0, 0.1) is 18.7 Å². The lowest BCUT2D eigenvalue weighted by Crippen LogP contribution is -2.65. The maximum absolute atomic E-state index is 15.1. The van der Waals surface area contributed by atoms with Crippen LogP contribution in [-0.2, 0) is 0 Å². The van der Waals surface area contributed by atoms with E-state index in [-0.39, 0.29) is 35.0 Å². The van der Waals surface area contributed by atoms with E-state index in [4.69, 9.17) is 4.74 Å². The lowest BCUT2D eigenvalue weighted by Gasteiger charge is -2.53. The highest BCUT2D eigenvalue weighted by Crippen LogP contribution is 2.43. The van der Waals surface area contributed by atoms with Crippen LogP contribution in [0.2, 0.25) is 0 Å². The Morgan fingerprint density at radius 1 is 1.12 bits per heavy atom. The number of halogens is 2. The number of pyridine rings is 1. The van der Waals surface area contributed by atoms with Gasteiger partial charge in [0, 0.05) is 30.2 Å². The van der Waals surface area contributed by atoms with Gasteiger partial charge in [0.15, 0.2) is 5.82 Å². The Morgan fingerprint density at radius 2 is 1.94 bits per heavy atom. The Kier molecular flexibility index (Phi) is 5.74. The van der Waals surface area contributed by atoms with Gasteiger partial charge in [-0.3, -0.25) is 4.79 Å². The lowest BCUT2D eigenvalue weighted by atomic mass is 9.72. The molecule has 33 heavy (non-hydrogen) atoms. The van der Waals surface area contributed by atoms with Gasteiger partial charge in [0.1, 0.15) is 18.6 Å². The van der Waals surface area contributed by atoms with Crippen molar-refractivity contribution in [2.45, 2.75) is 44.4 Å². The van der Waals surface area contributed by atoms with E-state index >= 15 is 4.39 Å². The molecular formula is C25H24F2N4O2. The van der Waals surface area contributed by atoms with Crippen LogP contribution in [0.1, 0.15) is 35.2 Å². The van der Waals surface area contributed by atoms with E-state index < -0.39 is 24.4 Å². The molecule has 3 aromatic rings. The van der Waals surface area contributed by atoms with Crippen LogP contribution in [0.15, 0.2) is 55.0 Å². The average Bonchev–Trinajstić information content (AvgIpc) is 2.85. The summed E-state index contributed by atoms with van der Waals surface area (Å²) in [6.07, 6.45) is 6.54. The zero-order valence-electron chi connectivity index (χ0n) is 18.2. The Balaban J connectivity index is 1.51. The van der Waals surface area contributed by atoms with Crippen LogP contribution < -0.4 is 4.74 Å². The molecule has 4 heterocycles. The molecule has 1 amide bonds. The maximum atomic E-state index is 15.1. The predicted octanol–water partition coefficient (Wildman–Crippen LogP) is 4.40. The van der Waals surface area contributed by atoms with Gasteiger partial charge < -0.3 is 9.64 Å². The number of carbonyl (C=O) groups is 1. The molecule has 0 N–H and O–H groups in total. The number of fused-ring (bicyclic) bond motifs is 3. The van der Waals surface area contributed by atoms with Crippen molar-refractivity contribution in [1.29, 1.82) is 0 Å². The lowest BCUT2D eigenvalue weighted by molar-refractivity contribution is -0.0705. The van der Waals surface area contributed by atoms with Crippen molar-refractivity contribution in [3.05, 3.63) is 71.9 Å². The fourth-order valence-electron chi connectivity index (χ4n) is 5.09. The van der Waals surface area contributed by atoms with E-state index in [1.165, 1.54) is 29.4 Å². The summed E-state index contributed by atoms with van der Waals surface area (Å²) in [5, 5.41) is 0. The molecule has 4 atom stereocenters. The Morgan fingerprint density at radius 3 is 2.67 bits per heavy atom. The molecule has 8 heteroatoms. The molecule has 6 rings (SSSR count). The van der Waals surface area contributed by atoms with Gasteiger partial charge in [-0.25, -0.2) is 23.7 Å². The quantitative estimate of drug-likeness (QED) is 0.577. The summed E-state index contributed by atoms with van der Waals surface area (Å²) < 4.78 is 35.4. The Labute approximate surface area is 190 Å². The average molecular weight is 450 g/mol. The molecule has 170 valence electrons. The number of aromatic nitrogens is 3. The minimum absolute atomic E-state index is 0.0670. The third kappa shape index (κ3) is 3.94. The number of nitrogens with zero attached hydrogens (tertiary/aromatic N) is 4. The fraction of sp³-hybridized carbons (Fsp3) is 0.360. The van der Waals surface area contributed by atoms with Gasteiger partial charge in [-0.2, -0.15) is 0 Å². The van der Waals surface area contributed by atoms with Crippen LogP contribution in [0.3, 0.4) is 0 Å². The number of amides is 1. The van der Waals surface area contributed by atoms with Gasteiger partial charge in [0.25, 0.3) is 5.91 Å². The van der Waals surface area contributed by atoms with Crippen LogP contribution in [-0.4, -0.2) is 50.6 Å². The summed E-state index contributed by atoms with van der Waals surface area (Å²) in [5.74, 6) is -0.593. The van der Waals surface area contributed by atoms with Gasteiger partial charge in [-0.15, -0.1) is 0 Å². The van der Waals surface area contributed by atoms with Crippen molar-refractivity contribution in [1.82, 2.24) is 19.9 Å². The number of aryl methyl sites for hydroxylation is 1. The highest BCUT2D eigenvalue weighted by Gasteiger charge is 2.51. The number of carbonyl (C=O) groups excluding carboxylic acids is 1. The second-order valence-electron chi connectivity index (χ2n) is 8.64. The molecule has 2 saturated heterocycles. The third-order valence-corrected chi connectivity index (χ3v) is 6.64. The summed E-state index contributed by atoms with van der Waals surface area (Å²) in [6, 6.07) is 8.71. The van der Waals surface area contributed by atoms with Crippen molar-refractivity contribution >= 4 is 5.91 Å². The Hall–Kier alpha value is -3.42. The maximum Gasteiger partial charge on any atom is 0.258 e. The molecule has 1 saturated carbocycles. The van der Waals surface area contributed by atoms with E-state index in [9.17, 15) is 9.18 Å². The topological polar surface area (TPSA) is 68.2 Å². The fourth-order valence-corrected chi connectivity index (χ4v) is 5.09. The van der Waals surface area contributed by atoms with Gasteiger partial charge in [0.2, 0.25) is 5.88 Å². The molecule has 1 aromatic carbocycles. The molecule has 0 spiro atoms. The van der Waals surface area contributed by atoms with Crippen LogP contribution in [0.5, 0.6) is 5.88 Å². The second-order valence-corrected chi connectivity index (χ2v) is 8.64. The molecule has 6 nitrogen and oxygen atoms in total. The second kappa shape index (κ2) is 8.84. The van der Waals surface area contributed by atoms with Gasteiger partial charge in [-0.1, -0.05) is 18.2 Å². The third-order valence-electron chi connectivity index (χ3n) is 6.64. The first kappa shape index (κ1) is 21.4. The SMILES string of the molecule is Cc1ccc(OC2CC3CCC2N(C(=O)c2c(F)cccc2-c2ncccn2)C3CF)nc1. The molecule has 3 fully saturated rings. The van der Waals surface area contributed by atoms with Crippen LogP contribution in [0.25, 0.3) is 11.4 Å². The molecule has 4 unspecified atom stereocenters. The van der Waals surface area contributed by atoms with E-state index in [0.717, 1.165) is 12.0 Å². The summed E-state index contributed by atoms with van der Waals surface area (Å²) in [6.45, 7) is 1.25. The smallest absolute Gasteiger partial charge is 0.258 e. The minimum atomic E-state index is -0.686. The van der Waals surface area contributed by atoms with E-state index in [1.807, 2.05) is 13.0 Å². The largest absolute Gasteiger partial charge is 0.472 e. The number of hydrogen-bond acceptors (Lipinski definition) is 5. The van der Waals surface area contributed by atoms with Crippen LogP contribution >= 0.6 is 0 Å². The summed E-state index contributed by atoms with van der Waals surface area (Å²) in [5.41, 5.74) is 1.16. The number of hydrogen-bond donors (Lipinski definition) is 0. The van der Waals surface area contributed by atoms with E-state index in [0.29, 0.717) is 18.7 Å². The molecule has 2 aromatic heterocycles. The molecule has 0 radical (unpaired) electrons. The first-order valence-electron chi connectivity index (χ1n) is 11.1. The summed E-state index contributed by atoms with van der Waals surface area (Å²) in [4.78, 5) is 28.0. The number of rotatable bonds is 5. The van der Waals surface area contributed by atoms with Gasteiger partial charge in [0.05, 0.1) is 17.6 Å². The number of alkyl halides is 1. The molecule has 2 aliphatic heterocycles. The summed E-state index contributed by atoms with van der Waals surface area (Å²) >= 11 is 0. The minimum Gasteiger partial charge on any atom is -0.472 e. The number of piperidine rings is 2. The number of ether oxygens (including phenoxy) is 1. The van der Waals surface area contributed by atoms with E-state index in [1.54, 1.807) is 24.4 Å². The zero-order chi connectivity index (χ0) is 22.9. The van der Waals surface area contributed by atoms with Crippen molar-refractivity contribution in [2.24, 2.45) is 5.92 Å². The normalized spacial score (nSPS) is 24.0. The number of benzene rings is 1. The van der Waals surface area contributed by atoms with Gasteiger partial charge >= 0.3 is 0 Å². The van der Waals surface area contributed by atoms with Crippen molar-refractivity contribution in [3.8, 4) is 17.3 Å². The molecule has 3 aliphatic rings. The standard InChI is InChI=1S/C25H24F2N4O2/c1-15-6-9-22(30-14-15)33-21-12-16-7-8-19(21)31(20(16)13-26)25(32)23-17(4-2-5-18(23)27)24-28-10-3-11-29-24/h2-6,9-11,14,16,19-21H,7-8,12-13H2,1H3. The highest BCUT2D eigenvalue weighted by atomic mass is 19.1. The van der Waals surface area contributed by atoms with Gasteiger partial charge in [-0.05, 0) is 49.8 Å². The zero-order valence-corrected chi connectivity index (χ0v) is 18.2. The molecule has 2 bridgehead atoms. The first-order chi connectivity index (χ1) is 16.1. The Bertz CT molecular complexity index is 1140. The first-order valence-corrected chi connectivity index (χ1v) is 11.1. The predicted molar refractivity (Wildman–Crippen MR) is 118 cm³/mol. The van der Waals surface area contributed by atoms with Crippen molar-refractivity contribution in [3.63, 3.8) is 0 Å². The van der Waals surface area contributed by atoms with Crippen molar-refractivity contribution < 1.29 is 18.3 Å². The molecular weight excluding hydrogens is 426 g/mol. The van der Waals surface area contributed by atoms with Crippen LogP contribution in [0.4, 0.5) is 8.78 Å². The summed E-state index contributed by atoms with van der Waals surface area (Å²) in [7, 11) is 0.